The average Bonchev–Trinajstić information content (AvgIpc) is 3.10. The molecule has 3 heterocycles. The van der Waals surface area contributed by atoms with Crippen LogP contribution in [-0.4, -0.2) is 28.0 Å². The maximum Gasteiger partial charge on any atom is 0.259 e. The van der Waals surface area contributed by atoms with Crippen molar-refractivity contribution in [1.29, 1.82) is 0 Å². The minimum Gasteiger partial charge on any atom is -0.357 e. The Bertz CT molecular complexity index is 926. The normalized spacial score (nSPS) is 14.6. The topological polar surface area (TPSA) is 61.9 Å². The smallest absolute Gasteiger partial charge is 0.259 e. The molecule has 0 atom stereocenters. The van der Waals surface area contributed by atoms with Crippen LogP contribution in [0.4, 0.5) is 5.82 Å². The summed E-state index contributed by atoms with van der Waals surface area (Å²) in [4.78, 5) is 26.6. The molecule has 0 unspecified atom stereocenters. The van der Waals surface area contributed by atoms with E-state index in [0.717, 1.165) is 30.0 Å². The number of aromatic amines is 1. The van der Waals surface area contributed by atoms with Gasteiger partial charge in [0.15, 0.2) is 0 Å². The van der Waals surface area contributed by atoms with Gasteiger partial charge in [0, 0.05) is 24.8 Å². The number of pyridine rings is 1. The van der Waals surface area contributed by atoms with E-state index in [-0.39, 0.29) is 5.56 Å². The van der Waals surface area contributed by atoms with E-state index < -0.39 is 0 Å². The number of H-pyrrole nitrogens is 1. The molecule has 5 nitrogen and oxygen atoms in total. The third kappa shape index (κ3) is 2.59. The number of benzene rings is 1. The molecule has 5 heteroatoms. The molecule has 0 aliphatic carbocycles. The summed E-state index contributed by atoms with van der Waals surface area (Å²) in [5, 5.41) is 0.627. The Morgan fingerprint density at radius 1 is 1.13 bits per heavy atom. The lowest BCUT2D eigenvalue weighted by Crippen LogP contribution is -2.19. The largest absolute Gasteiger partial charge is 0.357 e. The van der Waals surface area contributed by atoms with Gasteiger partial charge >= 0.3 is 0 Å². The third-order valence-corrected chi connectivity index (χ3v) is 4.31. The Balaban J connectivity index is 1.81. The highest BCUT2D eigenvalue weighted by molar-refractivity contribution is 5.80. The first kappa shape index (κ1) is 13.9. The molecule has 1 saturated heterocycles. The van der Waals surface area contributed by atoms with Crippen molar-refractivity contribution in [2.45, 2.75) is 19.8 Å². The highest BCUT2D eigenvalue weighted by Gasteiger charge is 2.14. The number of aryl methyl sites for hydroxylation is 1. The Morgan fingerprint density at radius 3 is 2.78 bits per heavy atom. The number of nitrogens with zero attached hydrogens (tertiary/aromatic N) is 3. The van der Waals surface area contributed by atoms with Crippen LogP contribution in [0.2, 0.25) is 0 Å². The molecule has 23 heavy (non-hydrogen) atoms. The van der Waals surface area contributed by atoms with E-state index in [2.05, 4.69) is 19.9 Å². The lowest BCUT2D eigenvalue weighted by Gasteiger charge is -2.16. The molecule has 4 rings (SSSR count). The summed E-state index contributed by atoms with van der Waals surface area (Å²) in [6.07, 6.45) is 4.19. The van der Waals surface area contributed by atoms with Crippen molar-refractivity contribution in [1.82, 2.24) is 15.0 Å². The van der Waals surface area contributed by atoms with E-state index in [1.54, 1.807) is 6.20 Å². The molecule has 0 bridgehead atoms. The highest BCUT2D eigenvalue weighted by Crippen LogP contribution is 2.23. The molecule has 0 amide bonds. The molecule has 2 aromatic heterocycles. The summed E-state index contributed by atoms with van der Waals surface area (Å²) in [5.41, 5.74) is 2.56. The summed E-state index contributed by atoms with van der Waals surface area (Å²) in [6.45, 7) is 4.05. The van der Waals surface area contributed by atoms with Gasteiger partial charge in [-0.15, -0.1) is 0 Å². The predicted molar refractivity (Wildman–Crippen MR) is 91.8 cm³/mol. The van der Waals surface area contributed by atoms with Gasteiger partial charge in [0.05, 0.1) is 10.9 Å². The Kier molecular flexibility index (Phi) is 3.33. The molecular weight excluding hydrogens is 288 g/mol. The van der Waals surface area contributed by atoms with Gasteiger partial charge in [-0.2, -0.15) is 0 Å². The minimum atomic E-state index is -0.103. The van der Waals surface area contributed by atoms with Crippen molar-refractivity contribution in [3.8, 4) is 11.4 Å². The lowest BCUT2D eigenvalue weighted by molar-refractivity contribution is 0.937. The molecule has 1 N–H and O–H groups in total. The molecule has 1 aliphatic rings. The van der Waals surface area contributed by atoms with Crippen LogP contribution < -0.4 is 10.5 Å². The van der Waals surface area contributed by atoms with E-state index in [1.165, 1.54) is 12.8 Å². The van der Waals surface area contributed by atoms with Crippen molar-refractivity contribution in [2.75, 3.05) is 18.0 Å². The SMILES string of the molecule is Cc1ccc2nc(-c3ccnc(N4CCCC4)c3)[nH]c(=O)c2c1. The molecular formula is C18H18N4O. The molecule has 0 saturated carbocycles. The maximum absolute atomic E-state index is 12.3. The van der Waals surface area contributed by atoms with E-state index in [0.29, 0.717) is 16.7 Å². The van der Waals surface area contributed by atoms with Gasteiger partial charge in [0.2, 0.25) is 0 Å². The summed E-state index contributed by atoms with van der Waals surface area (Å²) in [7, 11) is 0. The first-order valence-corrected chi connectivity index (χ1v) is 7.93. The van der Waals surface area contributed by atoms with E-state index in [4.69, 9.17) is 0 Å². The molecule has 0 spiro atoms. The van der Waals surface area contributed by atoms with Crippen molar-refractivity contribution in [3.05, 3.63) is 52.4 Å². The fourth-order valence-corrected chi connectivity index (χ4v) is 3.07. The van der Waals surface area contributed by atoms with Crippen LogP contribution in [0.1, 0.15) is 18.4 Å². The summed E-state index contributed by atoms with van der Waals surface area (Å²) < 4.78 is 0. The number of anilines is 1. The predicted octanol–water partition coefficient (Wildman–Crippen LogP) is 2.89. The van der Waals surface area contributed by atoms with Crippen LogP contribution in [0, 0.1) is 6.92 Å². The van der Waals surface area contributed by atoms with Crippen molar-refractivity contribution in [3.63, 3.8) is 0 Å². The second-order valence-electron chi connectivity index (χ2n) is 6.03. The molecule has 0 radical (unpaired) electrons. The Morgan fingerprint density at radius 2 is 1.96 bits per heavy atom. The van der Waals surface area contributed by atoms with E-state index in [1.807, 2.05) is 37.3 Å². The van der Waals surface area contributed by atoms with Crippen molar-refractivity contribution in [2.24, 2.45) is 0 Å². The summed E-state index contributed by atoms with van der Waals surface area (Å²) in [6, 6.07) is 9.63. The van der Waals surface area contributed by atoms with Crippen LogP contribution in [0.15, 0.2) is 41.3 Å². The molecule has 1 aromatic carbocycles. The van der Waals surface area contributed by atoms with Crippen LogP contribution in [0.25, 0.3) is 22.3 Å². The minimum absolute atomic E-state index is 0.103. The highest BCUT2D eigenvalue weighted by atomic mass is 16.1. The molecule has 116 valence electrons. The number of aromatic nitrogens is 3. The molecule has 3 aromatic rings. The number of fused-ring (bicyclic) bond motifs is 1. The Labute approximate surface area is 134 Å². The summed E-state index contributed by atoms with van der Waals surface area (Å²) in [5.74, 6) is 1.54. The van der Waals surface area contributed by atoms with Gasteiger partial charge < -0.3 is 9.88 Å². The lowest BCUT2D eigenvalue weighted by atomic mass is 10.1. The van der Waals surface area contributed by atoms with Crippen LogP contribution in [-0.2, 0) is 0 Å². The number of hydrogen-bond acceptors (Lipinski definition) is 4. The second kappa shape index (κ2) is 5.50. The van der Waals surface area contributed by atoms with Crippen molar-refractivity contribution >= 4 is 16.7 Å². The number of hydrogen-bond donors (Lipinski definition) is 1. The average molecular weight is 306 g/mol. The summed E-state index contributed by atoms with van der Waals surface area (Å²) >= 11 is 0. The number of nitrogens with one attached hydrogen (secondary N) is 1. The van der Waals surface area contributed by atoms with Gasteiger partial charge in [-0.3, -0.25) is 4.79 Å². The standard InChI is InChI=1S/C18H18N4O/c1-12-4-5-15-14(10-12)18(23)21-17(20-15)13-6-7-19-16(11-13)22-8-2-3-9-22/h4-7,10-11H,2-3,8-9H2,1H3,(H,20,21,23). The van der Waals surface area contributed by atoms with E-state index >= 15 is 0 Å². The van der Waals surface area contributed by atoms with Gasteiger partial charge in [-0.1, -0.05) is 11.6 Å². The molecule has 1 aliphatic heterocycles. The molecule has 1 fully saturated rings. The zero-order valence-corrected chi connectivity index (χ0v) is 13.0. The maximum atomic E-state index is 12.3. The fraction of sp³-hybridized carbons (Fsp3) is 0.278. The van der Waals surface area contributed by atoms with Gasteiger partial charge in [-0.25, -0.2) is 9.97 Å². The first-order chi connectivity index (χ1) is 11.2. The van der Waals surface area contributed by atoms with Gasteiger partial charge in [-0.05, 0) is 44.0 Å². The Hall–Kier alpha value is -2.69. The van der Waals surface area contributed by atoms with E-state index in [9.17, 15) is 4.79 Å². The van der Waals surface area contributed by atoms with Crippen molar-refractivity contribution < 1.29 is 0 Å². The van der Waals surface area contributed by atoms with Crippen LogP contribution in [0.3, 0.4) is 0 Å². The quantitative estimate of drug-likeness (QED) is 0.791. The van der Waals surface area contributed by atoms with Crippen LogP contribution in [0.5, 0.6) is 0 Å². The number of rotatable bonds is 2. The monoisotopic (exact) mass is 306 g/mol. The fourth-order valence-electron chi connectivity index (χ4n) is 3.07. The third-order valence-electron chi connectivity index (χ3n) is 4.31. The first-order valence-electron chi connectivity index (χ1n) is 7.93. The second-order valence-corrected chi connectivity index (χ2v) is 6.03. The zero-order valence-electron chi connectivity index (χ0n) is 13.0. The van der Waals surface area contributed by atoms with Gasteiger partial charge in [0.1, 0.15) is 11.6 Å². The zero-order chi connectivity index (χ0) is 15.8. The van der Waals surface area contributed by atoms with Crippen LogP contribution >= 0.6 is 0 Å². The van der Waals surface area contributed by atoms with Gasteiger partial charge in [0.25, 0.3) is 5.56 Å².